The molecule has 1 atom stereocenters. The van der Waals surface area contributed by atoms with E-state index in [0.29, 0.717) is 29.8 Å². The van der Waals surface area contributed by atoms with E-state index in [1.807, 2.05) is 24.3 Å². The van der Waals surface area contributed by atoms with Crippen LogP contribution in [0.1, 0.15) is 31.6 Å². The van der Waals surface area contributed by atoms with Crippen LogP contribution < -0.4 is 5.32 Å². The molecule has 7 nitrogen and oxygen atoms in total. The zero-order chi connectivity index (χ0) is 19.3. The fourth-order valence-electron chi connectivity index (χ4n) is 3.77. The lowest BCUT2D eigenvalue weighted by molar-refractivity contribution is -0.127. The SMILES string of the molecule is O=C(NCC1CCCO1)C1CCN(Cc2nc(-c3cccc(Cl)c3)no2)CC1. The number of likely N-dealkylation sites (tertiary alicyclic amines) is 1. The zero-order valence-corrected chi connectivity index (χ0v) is 16.5. The molecule has 0 spiro atoms. The minimum absolute atomic E-state index is 0.0716. The summed E-state index contributed by atoms with van der Waals surface area (Å²) in [7, 11) is 0. The van der Waals surface area contributed by atoms with Crippen molar-refractivity contribution in [2.24, 2.45) is 5.92 Å². The molecule has 8 heteroatoms. The van der Waals surface area contributed by atoms with Gasteiger partial charge in [-0.05, 0) is 50.9 Å². The van der Waals surface area contributed by atoms with Crippen molar-refractivity contribution >= 4 is 17.5 Å². The third kappa shape index (κ3) is 4.90. The van der Waals surface area contributed by atoms with Gasteiger partial charge < -0.3 is 14.6 Å². The van der Waals surface area contributed by atoms with E-state index in [0.717, 1.165) is 50.9 Å². The monoisotopic (exact) mass is 404 g/mol. The molecule has 0 saturated carbocycles. The van der Waals surface area contributed by atoms with Gasteiger partial charge in [0, 0.05) is 29.7 Å². The van der Waals surface area contributed by atoms with Gasteiger partial charge >= 0.3 is 0 Å². The lowest BCUT2D eigenvalue weighted by atomic mass is 9.96. The lowest BCUT2D eigenvalue weighted by Crippen LogP contribution is -2.42. The summed E-state index contributed by atoms with van der Waals surface area (Å²) in [6, 6.07) is 7.40. The van der Waals surface area contributed by atoms with Crippen LogP contribution in [0.5, 0.6) is 0 Å². The number of aromatic nitrogens is 2. The Labute approximate surface area is 169 Å². The van der Waals surface area contributed by atoms with Gasteiger partial charge in [-0.3, -0.25) is 9.69 Å². The normalized spacial score (nSPS) is 21.1. The number of carbonyl (C=O) groups is 1. The Morgan fingerprint density at radius 1 is 1.29 bits per heavy atom. The maximum Gasteiger partial charge on any atom is 0.241 e. The molecule has 0 radical (unpaired) electrons. The van der Waals surface area contributed by atoms with Gasteiger partial charge in [0.1, 0.15) is 0 Å². The summed E-state index contributed by atoms with van der Waals surface area (Å²) in [6.45, 7) is 3.72. The van der Waals surface area contributed by atoms with E-state index in [2.05, 4.69) is 20.4 Å². The summed E-state index contributed by atoms with van der Waals surface area (Å²) in [5.74, 6) is 1.34. The highest BCUT2D eigenvalue weighted by atomic mass is 35.5. The van der Waals surface area contributed by atoms with Crippen molar-refractivity contribution in [1.29, 1.82) is 0 Å². The molecule has 1 amide bonds. The molecular weight excluding hydrogens is 380 g/mol. The standard InChI is InChI=1S/C20H25ClN4O3/c21-16-4-1-3-15(11-16)19-23-18(28-24-19)13-25-8-6-14(7-9-25)20(26)22-12-17-5-2-10-27-17/h1,3-4,11,14,17H,2,5-10,12-13H2,(H,22,26). The van der Waals surface area contributed by atoms with Crippen LogP contribution in [-0.2, 0) is 16.1 Å². The molecular formula is C20H25ClN4O3. The molecule has 3 heterocycles. The van der Waals surface area contributed by atoms with Crippen LogP contribution in [0.2, 0.25) is 5.02 Å². The summed E-state index contributed by atoms with van der Waals surface area (Å²) in [4.78, 5) is 19.1. The third-order valence-corrected chi connectivity index (χ3v) is 5.63. The molecule has 1 aromatic carbocycles. The highest BCUT2D eigenvalue weighted by Gasteiger charge is 2.27. The molecule has 0 aliphatic carbocycles. The number of rotatable bonds is 6. The predicted octanol–water partition coefficient (Wildman–Crippen LogP) is 2.90. The number of carbonyl (C=O) groups excluding carboxylic acids is 1. The van der Waals surface area contributed by atoms with E-state index >= 15 is 0 Å². The van der Waals surface area contributed by atoms with Gasteiger partial charge in [-0.2, -0.15) is 4.98 Å². The van der Waals surface area contributed by atoms with Gasteiger partial charge in [0.2, 0.25) is 17.6 Å². The second-order valence-corrected chi connectivity index (χ2v) is 7.89. The Bertz CT molecular complexity index is 798. The second kappa shape index (κ2) is 9.03. The molecule has 2 aliphatic heterocycles. The van der Waals surface area contributed by atoms with E-state index < -0.39 is 0 Å². The highest BCUT2D eigenvalue weighted by Crippen LogP contribution is 2.22. The van der Waals surface area contributed by atoms with Crippen LogP contribution in [0.3, 0.4) is 0 Å². The van der Waals surface area contributed by atoms with Gasteiger partial charge in [-0.25, -0.2) is 0 Å². The second-order valence-electron chi connectivity index (χ2n) is 7.45. The number of amides is 1. The number of piperidine rings is 1. The van der Waals surface area contributed by atoms with Crippen molar-refractivity contribution in [1.82, 2.24) is 20.4 Å². The lowest BCUT2D eigenvalue weighted by Gasteiger charge is -2.30. The van der Waals surface area contributed by atoms with Gasteiger partial charge in [-0.15, -0.1) is 0 Å². The van der Waals surface area contributed by atoms with E-state index in [4.69, 9.17) is 20.9 Å². The van der Waals surface area contributed by atoms with Crippen molar-refractivity contribution in [2.45, 2.75) is 38.3 Å². The van der Waals surface area contributed by atoms with E-state index in [-0.39, 0.29) is 17.9 Å². The Morgan fingerprint density at radius 3 is 2.89 bits per heavy atom. The average Bonchev–Trinajstić information content (AvgIpc) is 3.39. The average molecular weight is 405 g/mol. The Kier molecular flexibility index (Phi) is 6.24. The molecule has 2 aliphatic rings. The first kappa shape index (κ1) is 19.4. The van der Waals surface area contributed by atoms with Crippen LogP contribution in [0, 0.1) is 5.92 Å². The maximum atomic E-state index is 12.4. The number of ether oxygens (including phenoxy) is 1. The molecule has 1 N–H and O–H groups in total. The summed E-state index contributed by atoms with van der Waals surface area (Å²) < 4.78 is 11.0. The van der Waals surface area contributed by atoms with Gasteiger partial charge in [0.25, 0.3) is 0 Å². The van der Waals surface area contributed by atoms with Gasteiger partial charge in [0.05, 0.1) is 12.6 Å². The molecule has 0 bridgehead atoms. The fourth-order valence-corrected chi connectivity index (χ4v) is 3.96. The number of hydrogen-bond acceptors (Lipinski definition) is 6. The van der Waals surface area contributed by atoms with Crippen LogP contribution in [0.4, 0.5) is 0 Å². The smallest absolute Gasteiger partial charge is 0.241 e. The molecule has 2 saturated heterocycles. The summed E-state index contributed by atoms with van der Waals surface area (Å²) in [5, 5.41) is 7.74. The van der Waals surface area contributed by atoms with E-state index in [1.165, 1.54) is 0 Å². The minimum atomic E-state index is 0.0716. The van der Waals surface area contributed by atoms with Gasteiger partial charge in [-0.1, -0.05) is 28.9 Å². The van der Waals surface area contributed by atoms with Crippen LogP contribution in [0.25, 0.3) is 11.4 Å². The number of nitrogens with zero attached hydrogens (tertiary/aromatic N) is 3. The molecule has 2 fully saturated rings. The Balaban J connectivity index is 1.24. The highest BCUT2D eigenvalue weighted by molar-refractivity contribution is 6.30. The summed E-state index contributed by atoms with van der Waals surface area (Å²) in [5.41, 5.74) is 0.837. The van der Waals surface area contributed by atoms with Crippen LogP contribution >= 0.6 is 11.6 Å². The first-order valence-electron chi connectivity index (χ1n) is 9.87. The Hall–Kier alpha value is -1.96. The van der Waals surface area contributed by atoms with Crippen molar-refractivity contribution in [3.63, 3.8) is 0 Å². The van der Waals surface area contributed by atoms with Crippen LogP contribution in [0.15, 0.2) is 28.8 Å². The molecule has 4 rings (SSSR count). The molecule has 1 aromatic heterocycles. The van der Waals surface area contributed by atoms with Crippen molar-refractivity contribution in [3.05, 3.63) is 35.2 Å². The van der Waals surface area contributed by atoms with E-state index in [9.17, 15) is 4.79 Å². The molecule has 28 heavy (non-hydrogen) atoms. The zero-order valence-electron chi connectivity index (χ0n) is 15.8. The molecule has 1 unspecified atom stereocenters. The number of hydrogen-bond donors (Lipinski definition) is 1. The largest absolute Gasteiger partial charge is 0.376 e. The molecule has 150 valence electrons. The number of nitrogens with one attached hydrogen (secondary N) is 1. The summed E-state index contributed by atoms with van der Waals surface area (Å²) >= 11 is 6.02. The van der Waals surface area contributed by atoms with E-state index in [1.54, 1.807) is 0 Å². The maximum absolute atomic E-state index is 12.4. The third-order valence-electron chi connectivity index (χ3n) is 5.40. The Morgan fingerprint density at radius 2 is 2.14 bits per heavy atom. The molecule has 2 aromatic rings. The predicted molar refractivity (Wildman–Crippen MR) is 105 cm³/mol. The summed E-state index contributed by atoms with van der Waals surface area (Å²) in [6.07, 6.45) is 4.00. The van der Waals surface area contributed by atoms with Crippen LogP contribution in [-0.4, -0.2) is 53.3 Å². The minimum Gasteiger partial charge on any atom is -0.376 e. The first-order chi connectivity index (χ1) is 13.7. The quantitative estimate of drug-likeness (QED) is 0.797. The topological polar surface area (TPSA) is 80.5 Å². The van der Waals surface area contributed by atoms with Crippen molar-refractivity contribution < 1.29 is 14.1 Å². The number of halogens is 1. The van der Waals surface area contributed by atoms with Crippen molar-refractivity contribution in [2.75, 3.05) is 26.2 Å². The number of benzene rings is 1. The van der Waals surface area contributed by atoms with Gasteiger partial charge in [0.15, 0.2) is 0 Å². The van der Waals surface area contributed by atoms with Crippen molar-refractivity contribution in [3.8, 4) is 11.4 Å². The first-order valence-corrected chi connectivity index (χ1v) is 10.3. The fraction of sp³-hybridized carbons (Fsp3) is 0.550.